The molecular formula is C27H26N2O4S. The Morgan fingerprint density at radius 1 is 1.03 bits per heavy atom. The number of thiophene rings is 1. The Hall–Kier alpha value is -3.42. The number of para-hydroxylation sites is 2. The van der Waals surface area contributed by atoms with Crippen LogP contribution in [0.2, 0.25) is 0 Å². The van der Waals surface area contributed by atoms with Gasteiger partial charge in [0.1, 0.15) is 18.0 Å². The lowest BCUT2D eigenvalue weighted by Gasteiger charge is -2.24. The molecule has 7 heteroatoms. The van der Waals surface area contributed by atoms with Crippen molar-refractivity contribution in [1.29, 1.82) is 0 Å². The smallest absolute Gasteiger partial charge is 0.255 e. The molecule has 1 unspecified atom stereocenters. The zero-order valence-corrected chi connectivity index (χ0v) is 19.6. The van der Waals surface area contributed by atoms with Gasteiger partial charge in [-0.3, -0.25) is 9.59 Å². The summed E-state index contributed by atoms with van der Waals surface area (Å²) < 4.78 is 11.7. The van der Waals surface area contributed by atoms with E-state index in [4.69, 9.17) is 9.47 Å². The molecule has 0 radical (unpaired) electrons. The number of ether oxygens (including phenoxy) is 2. The van der Waals surface area contributed by atoms with Gasteiger partial charge in [0.15, 0.2) is 0 Å². The van der Waals surface area contributed by atoms with Crippen molar-refractivity contribution in [2.45, 2.75) is 25.5 Å². The molecular weight excluding hydrogens is 448 g/mol. The Morgan fingerprint density at radius 3 is 2.65 bits per heavy atom. The molecule has 2 aliphatic rings. The van der Waals surface area contributed by atoms with Crippen LogP contribution in [0.1, 0.15) is 28.8 Å². The summed E-state index contributed by atoms with van der Waals surface area (Å²) in [6, 6.07) is 19.1. The van der Waals surface area contributed by atoms with E-state index in [2.05, 4.69) is 5.32 Å². The molecule has 174 valence electrons. The van der Waals surface area contributed by atoms with Gasteiger partial charge < -0.3 is 19.7 Å². The van der Waals surface area contributed by atoms with E-state index in [0.29, 0.717) is 35.7 Å². The molecule has 0 bridgehead atoms. The first-order valence-corrected chi connectivity index (χ1v) is 12.3. The molecule has 1 aromatic heterocycles. The molecule has 34 heavy (non-hydrogen) atoms. The topological polar surface area (TPSA) is 67.9 Å². The number of amides is 2. The van der Waals surface area contributed by atoms with Crippen molar-refractivity contribution in [2.24, 2.45) is 0 Å². The van der Waals surface area contributed by atoms with Gasteiger partial charge in [-0.05, 0) is 42.5 Å². The van der Waals surface area contributed by atoms with Crippen LogP contribution in [-0.2, 0) is 20.9 Å². The summed E-state index contributed by atoms with van der Waals surface area (Å²) in [6.07, 6.45) is 3.87. The molecule has 2 aliphatic heterocycles. The van der Waals surface area contributed by atoms with Crippen molar-refractivity contribution in [3.05, 3.63) is 82.0 Å². The molecule has 0 spiro atoms. The predicted octanol–water partition coefficient (Wildman–Crippen LogP) is 4.72. The molecule has 0 saturated carbocycles. The zero-order chi connectivity index (χ0) is 23.3. The summed E-state index contributed by atoms with van der Waals surface area (Å²) in [5, 5.41) is 4.91. The minimum absolute atomic E-state index is 0.0362. The van der Waals surface area contributed by atoms with E-state index in [0.717, 1.165) is 29.9 Å². The highest BCUT2D eigenvalue weighted by molar-refractivity contribution is 7.09. The summed E-state index contributed by atoms with van der Waals surface area (Å²) in [4.78, 5) is 29.4. The van der Waals surface area contributed by atoms with Crippen molar-refractivity contribution in [2.75, 3.05) is 19.7 Å². The average molecular weight is 475 g/mol. The Kier molecular flexibility index (Phi) is 6.74. The minimum Gasteiger partial charge on any atom is -0.456 e. The van der Waals surface area contributed by atoms with Crippen LogP contribution in [0.4, 0.5) is 0 Å². The number of nitrogens with zero attached hydrogens (tertiary/aromatic N) is 1. The molecule has 1 N–H and O–H groups in total. The second-order valence-electron chi connectivity index (χ2n) is 8.37. The summed E-state index contributed by atoms with van der Waals surface area (Å²) in [5.74, 6) is 0.899. The molecule has 1 atom stereocenters. The SMILES string of the molecule is O=C(CN(Cc1cccs1)C(=O)C1=Cc2ccccc2Oc2ccccc21)NCC1CCCO1. The summed E-state index contributed by atoms with van der Waals surface area (Å²) in [7, 11) is 0. The van der Waals surface area contributed by atoms with Gasteiger partial charge in [-0.25, -0.2) is 0 Å². The molecule has 2 aromatic carbocycles. The quantitative estimate of drug-likeness (QED) is 0.538. The van der Waals surface area contributed by atoms with Crippen LogP contribution in [-0.4, -0.2) is 42.5 Å². The molecule has 6 nitrogen and oxygen atoms in total. The Morgan fingerprint density at radius 2 is 1.85 bits per heavy atom. The second kappa shape index (κ2) is 10.2. The number of benzene rings is 2. The number of carbonyl (C=O) groups excluding carboxylic acids is 2. The number of fused-ring (bicyclic) bond motifs is 2. The summed E-state index contributed by atoms with van der Waals surface area (Å²) >= 11 is 1.56. The third-order valence-corrected chi connectivity index (χ3v) is 6.81. The highest BCUT2D eigenvalue weighted by atomic mass is 32.1. The van der Waals surface area contributed by atoms with Crippen LogP contribution in [0.5, 0.6) is 11.5 Å². The van der Waals surface area contributed by atoms with Crippen LogP contribution in [0.25, 0.3) is 11.6 Å². The third kappa shape index (κ3) is 5.05. The van der Waals surface area contributed by atoms with Crippen LogP contribution in [0.3, 0.4) is 0 Å². The number of carbonyl (C=O) groups is 2. The van der Waals surface area contributed by atoms with Gasteiger partial charge in [0, 0.05) is 29.2 Å². The normalized spacial score (nSPS) is 16.5. The van der Waals surface area contributed by atoms with Crippen LogP contribution < -0.4 is 10.1 Å². The number of nitrogens with one attached hydrogen (secondary N) is 1. The first kappa shape index (κ1) is 22.4. The summed E-state index contributed by atoms with van der Waals surface area (Å²) in [6.45, 7) is 1.52. The summed E-state index contributed by atoms with van der Waals surface area (Å²) in [5.41, 5.74) is 2.03. The van der Waals surface area contributed by atoms with Crippen molar-refractivity contribution < 1.29 is 19.1 Å². The molecule has 0 aliphatic carbocycles. The molecule has 2 amide bonds. The van der Waals surface area contributed by atoms with Gasteiger partial charge in [-0.15, -0.1) is 11.3 Å². The second-order valence-corrected chi connectivity index (χ2v) is 9.41. The fraction of sp³-hybridized carbons (Fsp3) is 0.259. The Balaban J connectivity index is 1.43. The number of hydrogen-bond acceptors (Lipinski definition) is 5. The van der Waals surface area contributed by atoms with Crippen LogP contribution >= 0.6 is 11.3 Å². The van der Waals surface area contributed by atoms with E-state index >= 15 is 0 Å². The fourth-order valence-electron chi connectivity index (χ4n) is 4.22. The lowest BCUT2D eigenvalue weighted by molar-refractivity contribution is -0.132. The highest BCUT2D eigenvalue weighted by Gasteiger charge is 2.27. The monoisotopic (exact) mass is 474 g/mol. The minimum atomic E-state index is -0.214. The van der Waals surface area contributed by atoms with E-state index in [9.17, 15) is 9.59 Å². The molecule has 3 aromatic rings. The largest absolute Gasteiger partial charge is 0.456 e. The highest BCUT2D eigenvalue weighted by Crippen LogP contribution is 2.38. The first-order chi connectivity index (χ1) is 16.7. The third-order valence-electron chi connectivity index (χ3n) is 5.95. The first-order valence-electron chi connectivity index (χ1n) is 11.5. The van der Waals surface area contributed by atoms with E-state index in [-0.39, 0.29) is 24.5 Å². The van der Waals surface area contributed by atoms with Crippen LogP contribution in [0, 0.1) is 0 Å². The zero-order valence-electron chi connectivity index (χ0n) is 18.7. The average Bonchev–Trinajstić information content (AvgIpc) is 3.54. The van der Waals surface area contributed by atoms with Crippen molar-refractivity contribution in [1.82, 2.24) is 10.2 Å². The maximum Gasteiger partial charge on any atom is 0.255 e. The molecule has 3 heterocycles. The molecule has 1 saturated heterocycles. The van der Waals surface area contributed by atoms with Gasteiger partial charge in [-0.2, -0.15) is 0 Å². The van der Waals surface area contributed by atoms with Gasteiger partial charge in [0.2, 0.25) is 5.91 Å². The van der Waals surface area contributed by atoms with Crippen molar-refractivity contribution >= 4 is 34.8 Å². The van der Waals surface area contributed by atoms with E-state index < -0.39 is 0 Å². The molecule has 5 rings (SSSR count). The van der Waals surface area contributed by atoms with Gasteiger partial charge in [0.05, 0.1) is 18.2 Å². The fourth-order valence-corrected chi connectivity index (χ4v) is 4.94. The maximum absolute atomic E-state index is 13.9. The lowest BCUT2D eigenvalue weighted by atomic mass is 10.0. The van der Waals surface area contributed by atoms with Crippen LogP contribution in [0.15, 0.2) is 66.0 Å². The van der Waals surface area contributed by atoms with Gasteiger partial charge in [-0.1, -0.05) is 42.5 Å². The Labute approximate surface area is 202 Å². The van der Waals surface area contributed by atoms with E-state index in [1.807, 2.05) is 72.1 Å². The van der Waals surface area contributed by atoms with Crippen molar-refractivity contribution in [3.63, 3.8) is 0 Å². The maximum atomic E-state index is 13.9. The van der Waals surface area contributed by atoms with Gasteiger partial charge >= 0.3 is 0 Å². The standard InChI is InChI=1S/C27H26N2O4S/c30-26(28-16-20-8-5-13-32-20)18-29(17-21-9-6-14-34-21)27(31)23-15-19-7-1-3-11-24(19)33-25-12-4-2-10-22(23)25/h1-4,6-7,9-12,14-15,20H,5,8,13,16-18H2,(H,28,30). The number of rotatable bonds is 7. The predicted molar refractivity (Wildman–Crippen MR) is 133 cm³/mol. The van der Waals surface area contributed by atoms with E-state index in [1.165, 1.54) is 0 Å². The lowest BCUT2D eigenvalue weighted by Crippen LogP contribution is -2.42. The molecule has 1 fully saturated rings. The van der Waals surface area contributed by atoms with Gasteiger partial charge in [0.25, 0.3) is 5.91 Å². The Bertz CT molecular complexity index is 1200. The van der Waals surface area contributed by atoms with Crippen molar-refractivity contribution in [3.8, 4) is 11.5 Å². The number of hydrogen-bond donors (Lipinski definition) is 1. The van der Waals surface area contributed by atoms with E-state index in [1.54, 1.807) is 16.2 Å².